The van der Waals surface area contributed by atoms with Crippen molar-refractivity contribution in [1.82, 2.24) is 10.5 Å². The van der Waals surface area contributed by atoms with Gasteiger partial charge in [-0.15, -0.1) is 0 Å². The largest absolute Gasteiger partial charge is 0.361 e. The van der Waals surface area contributed by atoms with Gasteiger partial charge in [0.05, 0.1) is 5.69 Å². The molecule has 3 heteroatoms. The first-order valence-electron chi connectivity index (χ1n) is 7.35. The Bertz CT molecular complexity index is 345. The molecular weight excluding hydrogens is 224 g/mol. The third kappa shape index (κ3) is 3.35. The van der Waals surface area contributed by atoms with Crippen LogP contribution in [0.4, 0.5) is 0 Å². The van der Waals surface area contributed by atoms with Crippen LogP contribution >= 0.6 is 0 Å². The Kier molecular flexibility index (Phi) is 4.81. The fourth-order valence-corrected chi connectivity index (χ4v) is 3.06. The Morgan fingerprint density at radius 3 is 2.50 bits per heavy atom. The highest BCUT2D eigenvalue weighted by Crippen LogP contribution is 2.28. The van der Waals surface area contributed by atoms with Crippen molar-refractivity contribution in [3.05, 3.63) is 17.0 Å². The summed E-state index contributed by atoms with van der Waals surface area (Å²) in [6, 6.07) is 0.687. The molecule has 1 aromatic heterocycles. The molecular formula is C15H26N2O. The molecule has 0 aliphatic heterocycles. The van der Waals surface area contributed by atoms with Crippen LogP contribution in [0.2, 0.25) is 0 Å². The molecule has 2 rings (SSSR count). The van der Waals surface area contributed by atoms with Crippen molar-refractivity contribution in [3.63, 3.8) is 0 Å². The van der Waals surface area contributed by atoms with Crippen LogP contribution in [-0.2, 0) is 6.54 Å². The number of aromatic nitrogens is 1. The van der Waals surface area contributed by atoms with Crippen LogP contribution in [0.1, 0.15) is 62.5 Å². The lowest BCUT2D eigenvalue weighted by Gasteiger charge is -2.29. The summed E-state index contributed by atoms with van der Waals surface area (Å²) in [5.41, 5.74) is 2.27. The molecule has 1 aliphatic rings. The maximum absolute atomic E-state index is 5.19. The Balaban J connectivity index is 1.76. The van der Waals surface area contributed by atoms with Gasteiger partial charge in [-0.2, -0.15) is 0 Å². The van der Waals surface area contributed by atoms with Gasteiger partial charge in [0.1, 0.15) is 5.76 Å². The molecule has 0 atom stereocenters. The number of rotatable bonds is 5. The summed E-state index contributed by atoms with van der Waals surface area (Å²) in [6.07, 6.45) is 8.20. The monoisotopic (exact) mass is 250 g/mol. The topological polar surface area (TPSA) is 38.1 Å². The van der Waals surface area contributed by atoms with Gasteiger partial charge >= 0.3 is 0 Å². The van der Waals surface area contributed by atoms with Crippen molar-refractivity contribution in [2.24, 2.45) is 5.92 Å². The van der Waals surface area contributed by atoms with Crippen molar-refractivity contribution in [2.45, 2.75) is 71.9 Å². The molecule has 18 heavy (non-hydrogen) atoms. The number of aryl methyl sites for hydroxylation is 2. The second-order valence-electron chi connectivity index (χ2n) is 5.69. The van der Waals surface area contributed by atoms with E-state index >= 15 is 0 Å². The molecule has 1 saturated carbocycles. The zero-order valence-corrected chi connectivity index (χ0v) is 12.0. The summed E-state index contributed by atoms with van der Waals surface area (Å²) >= 11 is 0. The van der Waals surface area contributed by atoms with E-state index in [0.29, 0.717) is 6.04 Å². The number of hydrogen-bond donors (Lipinski definition) is 1. The van der Waals surface area contributed by atoms with Crippen molar-refractivity contribution in [3.8, 4) is 0 Å². The molecule has 0 bridgehead atoms. The van der Waals surface area contributed by atoms with E-state index in [1.807, 2.05) is 13.8 Å². The van der Waals surface area contributed by atoms with Gasteiger partial charge in [-0.05, 0) is 45.4 Å². The van der Waals surface area contributed by atoms with Gasteiger partial charge < -0.3 is 9.84 Å². The molecule has 0 aromatic carbocycles. The van der Waals surface area contributed by atoms with Crippen LogP contribution in [0.3, 0.4) is 0 Å². The second kappa shape index (κ2) is 6.37. The maximum Gasteiger partial charge on any atom is 0.138 e. The summed E-state index contributed by atoms with van der Waals surface area (Å²) in [7, 11) is 0. The fraction of sp³-hybridized carbons (Fsp3) is 0.800. The molecule has 0 saturated heterocycles. The summed E-state index contributed by atoms with van der Waals surface area (Å²) < 4.78 is 5.19. The lowest BCUT2D eigenvalue weighted by molar-refractivity contribution is 0.277. The lowest BCUT2D eigenvalue weighted by Crippen LogP contribution is -2.33. The van der Waals surface area contributed by atoms with Gasteiger partial charge in [0, 0.05) is 18.2 Å². The number of nitrogens with zero attached hydrogens (tertiary/aromatic N) is 1. The van der Waals surface area contributed by atoms with Gasteiger partial charge in [-0.1, -0.05) is 24.9 Å². The molecule has 102 valence electrons. The zero-order valence-electron chi connectivity index (χ0n) is 12.0. The first-order chi connectivity index (χ1) is 8.70. The van der Waals surface area contributed by atoms with E-state index < -0.39 is 0 Å². The molecule has 3 nitrogen and oxygen atoms in total. The van der Waals surface area contributed by atoms with Crippen molar-refractivity contribution in [1.29, 1.82) is 0 Å². The van der Waals surface area contributed by atoms with Gasteiger partial charge in [0.15, 0.2) is 0 Å². The van der Waals surface area contributed by atoms with Crippen LogP contribution in [0.25, 0.3) is 0 Å². The van der Waals surface area contributed by atoms with E-state index in [1.54, 1.807) is 0 Å². The van der Waals surface area contributed by atoms with Crippen molar-refractivity contribution >= 4 is 0 Å². The van der Waals surface area contributed by atoms with E-state index in [-0.39, 0.29) is 0 Å². The van der Waals surface area contributed by atoms with Crippen LogP contribution < -0.4 is 5.32 Å². The number of hydrogen-bond acceptors (Lipinski definition) is 3. The van der Waals surface area contributed by atoms with Gasteiger partial charge in [-0.3, -0.25) is 0 Å². The van der Waals surface area contributed by atoms with Crippen LogP contribution in [-0.4, -0.2) is 11.2 Å². The third-order valence-corrected chi connectivity index (χ3v) is 4.29. The Morgan fingerprint density at radius 1 is 1.22 bits per heavy atom. The highest BCUT2D eigenvalue weighted by atomic mass is 16.5. The lowest BCUT2D eigenvalue weighted by atomic mass is 9.83. The quantitative estimate of drug-likeness (QED) is 0.865. The van der Waals surface area contributed by atoms with Crippen molar-refractivity contribution < 1.29 is 4.52 Å². The molecule has 0 spiro atoms. The SMILES string of the molecule is CCCC1CCC(NCc2c(C)noc2C)CC1. The minimum absolute atomic E-state index is 0.687. The summed E-state index contributed by atoms with van der Waals surface area (Å²) in [5, 5.41) is 7.67. The van der Waals surface area contributed by atoms with Crippen LogP contribution in [0.15, 0.2) is 4.52 Å². The summed E-state index contributed by atoms with van der Waals surface area (Å²) in [5.74, 6) is 1.94. The standard InChI is InChI=1S/C15H26N2O/c1-4-5-13-6-8-14(9-7-13)16-10-15-11(2)17-18-12(15)3/h13-14,16H,4-10H2,1-3H3. The van der Waals surface area contributed by atoms with Crippen molar-refractivity contribution in [2.75, 3.05) is 0 Å². The van der Waals surface area contributed by atoms with E-state index in [9.17, 15) is 0 Å². The minimum Gasteiger partial charge on any atom is -0.361 e. The smallest absolute Gasteiger partial charge is 0.138 e. The van der Waals surface area contributed by atoms with E-state index in [4.69, 9.17) is 4.52 Å². The molecule has 0 radical (unpaired) electrons. The highest BCUT2D eigenvalue weighted by molar-refractivity contribution is 5.20. The average Bonchev–Trinajstić information content (AvgIpc) is 2.69. The Labute approximate surface area is 110 Å². The summed E-state index contributed by atoms with van der Waals surface area (Å²) in [4.78, 5) is 0. The summed E-state index contributed by atoms with van der Waals surface area (Å²) in [6.45, 7) is 7.22. The van der Waals surface area contributed by atoms with Gasteiger partial charge in [0.2, 0.25) is 0 Å². The average molecular weight is 250 g/mol. The molecule has 1 heterocycles. The predicted octanol–water partition coefficient (Wildman–Crippen LogP) is 3.74. The highest BCUT2D eigenvalue weighted by Gasteiger charge is 2.20. The third-order valence-electron chi connectivity index (χ3n) is 4.29. The zero-order chi connectivity index (χ0) is 13.0. The van der Waals surface area contributed by atoms with E-state index in [2.05, 4.69) is 17.4 Å². The Hall–Kier alpha value is -0.830. The molecule has 1 aliphatic carbocycles. The fourth-order valence-electron chi connectivity index (χ4n) is 3.06. The molecule has 0 amide bonds. The molecule has 0 unspecified atom stereocenters. The molecule has 1 N–H and O–H groups in total. The first-order valence-corrected chi connectivity index (χ1v) is 7.35. The van der Waals surface area contributed by atoms with Gasteiger partial charge in [-0.25, -0.2) is 0 Å². The van der Waals surface area contributed by atoms with Crippen LogP contribution in [0, 0.1) is 19.8 Å². The Morgan fingerprint density at radius 2 is 1.94 bits per heavy atom. The van der Waals surface area contributed by atoms with E-state index in [0.717, 1.165) is 23.9 Å². The van der Waals surface area contributed by atoms with E-state index in [1.165, 1.54) is 44.1 Å². The predicted molar refractivity (Wildman–Crippen MR) is 73.5 cm³/mol. The maximum atomic E-state index is 5.19. The first kappa shape index (κ1) is 13.6. The molecule has 1 fully saturated rings. The van der Waals surface area contributed by atoms with Gasteiger partial charge in [0.25, 0.3) is 0 Å². The normalized spacial score (nSPS) is 24.4. The second-order valence-corrected chi connectivity index (χ2v) is 5.69. The number of nitrogens with one attached hydrogen (secondary N) is 1. The van der Waals surface area contributed by atoms with Crippen LogP contribution in [0.5, 0.6) is 0 Å². The minimum atomic E-state index is 0.687. The molecule has 1 aromatic rings.